The average Bonchev–Trinajstić information content (AvgIpc) is 3.16. The van der Waals surface area contributed by atoms with Crippen molar-refractivity contribution in [2.75, 3.05) is 0 Å². The summed E-state index contributed by atoms with van der Waals surface area (Å²) in [5, 5.41) is 9.68. The summed E-state index contributed by atoms with van der Waals surface area (Å²) < 4.78 is 0.797. The van der Waals surface area contributed by atoms with Crippen LogP contribution in [0.2, 0.25) is 5.02 Å². The number of benzene rings is 1. The zero-order valence-corrected chi connectivity index (χ0v) is 13.1. The van der Waals surface area contributed by atoms with E-state index < -0.39 is 5.54 Å². The van der Waals surface area contributed by atoms with Crippen molar-refractivity contribution in [2.24, 2.45) is 0 Å². The fraction of sp³-hybridized carbons (Fsp3) is 0.429. The van der Waals surface area contributed by atoms with E-state index in [0.29, 0.717) is 10.6 Å². The lowest BCUT2D eigenvalue weighted by Gasteiger charge is -2.33. The fourth-order valence-electron chi connectivity index (χ4n) is 2.05. The maximum absolute atomic E-state index is 12.7. The normalized spacial score (nSPS) is 14.9. The topological polar surface area (TPSA) is 44.1 Å². The molecule has 0 radical (unpaired) electrons. The molecule has 0 N–H and O–H groups in total. The summed E-state index contributed by atoms with van der Waals surface area (Å²) in [7, 11) is 0. The van der Waals surface area contributed by atoms with Crippen LogP contribution in [0.1, 0.15) is 37.0 Å². The summed E-state index contributed by atoms with van der Waals surface area (Å²) in [6, 6.07) is 7.52. The molecule has 1 aromatic rings. The second kappa shape index (κ2) is 5.15. The van der Waals surface area contributed by atoms with Gasteiger partial charge in [0, 0.05) is 10.5 Å². The van der Waals surface area contributed by atoms with Crippen LogP contribution in [0.15, 0.2) is 22.7 Å². The summed E-state index contributed by atoms with van der Waals surface area (Å²) in [5.41, 5.74) is -0.393. The second-order valence-corrected chi connectivity index (χ2v) is 6.52. The van der Waals surface area contributed by atoms with Crippen molar-refractivity contribution in [3.63, 3.8) is 0 Å². The highest BCUT2D eigenvalue weighted by Crippen LogP contribution is 2.35. The number of rotatable bonds is 3. The lowest BCUT2D eigenvalue weighted by Crippen LogP contribution is -2.48. The number of nitriles is 1. The van der Waals surface area contributed by atoms with Crippen molar-refractivity contribution in [2.45, 2.75) is 38.3 Å². The number of hydrogen-bond acceptors (Lipinski definition) is 2. The number of carbonyl (C=O) groups is 1. The highest BCUT2D eigenvalue weighted by atomic mass is 79.9. The molecule has 0 bridgehead atoms. The van der Waals surface area contributed by atoms with Crippen molar-refractivity contribution in [3.8, 4) is 6.07 Å². The van der Waals surface area contributed by atoms with E-state index in [0.717, 1.165) is 17.3 Å². The molecule has 0 aromatic heterocycles. The molecule has 0 unspecified atom stereocenters. The summed E-state index contributed by atoms with van der Waals surface area (Å²) in [5.74, 6) is -0.180. The summed E-state index contributed by atoms with van der Waals surface area (Å²) in [6.45, 7) is 3.52. The molecule has 1 fully saturated rings. The Morgan fingerprint density at radius 2 is 2.16 bits per heavy atom. The predicted octanol–water partition coefficient (Wildman–Crippen LogP) is 4.01. The number of amides is 1. The molecular weight excluding hydrogens is 328 g/mol. The maximum atomic E-state index is 12.7. The van der Waals surface area contributed by atoms with Crippen molar-refractivity contribution < 1.29 is 4.79 Å². The van der Waals surface area contributed by atoms with Gasteiger partial charge < -0.3 is 4.90 Å². The van der Waals surface area contributed by atoms with Gasteiger partial charge in [-0.1, -0.05) is 27.5 Å². The Morgan fingerprint density at radius 3 is 2.68 bits per heavy atom. The van der Waals surface area contributed by atoms with Crippen LogP contribution in [-0.4, -0.2) is 22.4 Å². The first-order chi connectivity index (χ1) is 8.86. The first kappa shape index (κ1) is 14.4. The first-order valence-electron chi connectivity index (χ1n) is 6.07. The molecule has 5 heteroatoms. The number of hydrogen-bond donors (Lipinski definition) is 0. The Morgan fingerprint density at radius 1 is 1.53 bits per heavy atom. The van der Waals surface area contributed by atoms with Gasteiger partial charge in [-0.05, 0) is 44.9 Å². The smallest absolute Gasteiger partial charge is 0.256 e. The zero-order valence-electron chi connectivity index (χ0n) is 10.8. The monoisotopic (exact) mass is 340 g/mol. The Labute approximate surface area is 126 Å². The van der Waals surface area contributed by atoms with Gasteiger partial charge in [0.1, 0.15) is 5.54 Å². The van der Waals surface area contributed by atoms with E-state index in [1.807, 2.05) is 0 Å². The lowest BCUT2D eigenvalue weighted by molar-refractivity contribution is 0.0615. The molecule has 2 rings (SSSR count). The SMILES string of the molecule is CC(C)(C#N)N(C(=O)c1cc(Br)ccc1Cl)C1CC1. The molecule has 0 saturated heterocycles. The zero-order chi connectivity index (χ0) is 14.2. The molecule has 1 saturated carbocycles. The van der Waals surface area contributed by atoms with Gasteiger partial charge in [0.25, 0.3) is 5.91 Å². The standard InChI is InChI=1S/C14H14BrClN2O/c1-14(2,8-17)18(10-4-5-10)13(19)11-7-9(15)3-6-12(11)16/h3,6-7,10H,4-5H2,1-2H3. The number of nitrogens with zero attached hydrogens (tertiary/aromatic N) is 2. The third-order valence-electron chi connectivity index (χ3n) is 3.17. The molecule has 0 heterocycles. The van der Waals surface area contributed by atoms with Gasteiger partial charge in [0.15, 0.2) is 0 Å². The van der Waals surface area contributed by atoms with Crippen LogP contribution in [0.25, 0.3) is 0 Å². The third-order valence-corrected chi connectivity index (χ3v) is 3.99. The van der Waals surface area contributed by atoms with Crippen LogP contribution in [-0.2, 0) is 0 Å². The molecule has 100 valence electrons. The van der Waals surface area contributed by atoms with Gasteiger partial charge in [-0.3, -0.25) is 4.79 Å². The fourth-order valence-corrected chi connectivity index (χ4v) is 2.61. The van der Waals surface area contributed by atoms with E-state index in [9.17, 15) is 10.1 Å². The molecule has 0 atom stereocenters. The minimum absolute atomic E-state index is 0.150. The highest BCUT2D eigenvalue weighted by Gasteiger charge is 2.42. The van der Waals surface area contributed by atoms with E-state index in [1.54, 1.807) is 36.9 Å². The molecule has 1 aromatic carbocycles. The van der Waals surface area contributed by atoms with Crippen LogP contribution in [0.5, 0.6) is 0 Å². The van der Waals surface area contributed by atoms with Crippen molar-refractivity contribution in [3.05, 3.63) is 33.3 Å². The predicted molar refractivity (Wildman–Crippen MR) is 78.0 cm³/mol. The summed E-state index contributed by atoms with van der Waals surface area (Å²) in [4.78, 5) is 14.3. The molecule has 0 aliphatic heterocycles. The highest BCUT2D eigenvalue weighted by molar-refractivity contribution is 9.10. The Kier molecular flexibility index (Phi) is 3.89. The molecule has 1 aliphatic rings. The lowest BCUT2D eigenvalue weighted by atomic mass is 10.0. The number of halogens is 2. The molecular formula is C14H14BrClN2O. The first-order valence-corrected chi connectivity index (χ1v) is 7.24. The Hall–Kier alpha value is -1.05. The minimum Gasteiger partial charge on any atom is -0.317 e. The molecule has 0 spiro atoms. The van der Waals surface area contributed by atoms with Crippen molar-refractivity contribution in [1.82, 2.24) is 4.90 Å². The van der Waals surface area contributed by atoms with Gasteiger partial charge in [0.2, 0.25) is 0 Å². The van der Waals surface area contributed by atoms with E-state index in [2.05, 4.69) is 22.0 Å². The van der Waals surface area contributed by atoms with Crippen molar-refractivity contribution >= 4 is 33.4 Å². The molecule has 1 aliphatic carbocycles. The summed E-state index contributed by atoms with van der Waals surface area (Å²) >= 11 is 9.44. The van der Waals surface area contributed by atoms with Crippen molar-refractivity contribution in [1.29, 1.82) is 5.26 Å². The van der Waals surface area contributed by atoms with Gasteiger partial charge >= 0.3 is 0 Å². The van der Waals surface area contributed by atoms with E-state index in [4.69, 9.17) is 11.6 Å². The maximum Gasteiger partial charge on any atom is 0.256 e. The van der Waals surface area contributed by atoms with Gasteiger partial charge in [-0.15, -0.1) is 0 Å². The number of carbonyl (C=O) groups excluding carboxylic acids is 1. The molecule has 3 nitrogen and oxygen atoms in total. The minimum atomic E-state index is -0.829. The van der Waals surface area contributed by atoms with Gasteiger partial charge in [-0.2, -0.15) is 5.26 Å². The van der Waals surface area contributed by atoms with Gasteiger partial charge in [0.05, 0.1) is 16.7 Å². The van der Waals surface area contributed by atoms with Crippen LogP contribution >= 0.6 is 27.5 Å². The van der Waals surface area contributed by atoms with E-state index >= 15 is 0 Å². The van der Waals surface area contributed by atoms with E-state index in [-0.39, 0.29) is 11.9 Å². The summed E-state index contributed by atoms with van der Waals surface area (Å²) in [6.07, 6.45) is 1.89. The van der Waals surface area contributed by atoms with Crippen LogP contribution in [0.4, 0.5) is 0 Å². The largest absolute Gasteiger partial charge is 0.317 e. The molecule has 19 heavy (non-hydrogen) atoms. The van der Waals surface area contributed by atoms with Crippen LogP contribution < -0.4 is 0 Å². The van der Waals surface area contributed by atoms with E-state index in [1.165, 1.54) is 0 Å². The molecule has 1 amide bonds. The van der Waals surface area contributed by atoms with Crippen LogP contribution in [0, 0.1) is 11.3 Å². The average molecular weight is 342 g/mol. The quantitative estimate of drug-likeness (QED) is 0.834. The van der Waals surface area contributed by atoms with Gasteiger partial charge in [-0.25, -0.2) is 0 Å². The second-order valence-electron chi connectivity index (χ2n) is 5.20. The Balaban J connectivity index is 2.41. The Bertz CT molecular complexity index is 561. The van der Waals surface area contributed by atoms with Crippen LogP contribution in [0.3, 0.4) is 0 Å². The third kappa shape index (κ3) is 2.93.